The second-order valence-corrected chi connectivity index (χ2v) is 13.9. The van der Waals surface area contributed by atoms with Gasteiger partial charge in [-0.15, -0.1) is 0 Å². The van der Waals surface area contributed by atoms with Crippen LogP contribution in [0.4, 0.5) is 17.1 Å². The maximum atomic E-state index is 6.86. The van der Waals surface area contributed by atoms with Crippen LogP contribution in [0.15, 0.2) is 132 Å². The summed E-state index contributed by atoms with van der Waals surface area (Å²) in [4.78, 5) is 15.2. The molecule has 236 valence electrons. The van der Waals surface area contributed by atoms with Crippen molar-refractivity contribution >= 4 is 45.1 Å². The van der Waals surface area contributed by atoms with Gasteiger partial charge < -0.3 is 33.8 Å². The third kappa shape index (κ3) is 3.53. The molecule has 1 saturated heterocycles. The molecule has 0 aliphatic carbocycles. The van der Waals surface area contributed by atoms with Crippen LogP contribution < -0.4 is 14.7 Å². The number of hydrogen-bond donors (Lipinski definition) is 0. The standard InChI is InChI=1S/C41H36N6O/c1-42-19-22-47-37-28(15-16-31-30-11-4-7-14-36(30)48-38(31)37)26-33-40-43-17-8-18-44-21-24-46(41(33)44)35-13-6-3-10-29(35)32(39(42)47)25-27-9-2-5-12-34(27)45(40)23-20-43/h2-7,9-16,19-24,26,32,39-41H,8,17-18,25H2,1H3. The van der Waals surface area contributed by atoms with Crippen molar-refractivity contribution in [3.8, 4) is 0 Å². The average Bonchev–Trinajstić information content (AvgIpc) is 3.89. The SMILES string of the molecule is CN1C=CN2c3c(ccc4c3oc3ccccc34)C=C3C4N5C=CN4c4ccccc4CC(c4ccccc4N4C=CN(CCC5)C34)C12. The van der Waals surface area contributed by atoms with Crippen molar-refractivity contribution in [2.75, 3.05) is 34.8 Å². The largest absolute Gasteiger partial charge is 0.454 e. The van der Waals surface area contributed by atoms with Gasteiger partial charge in [-0.2, -0.15) is 0 Å². The Kier molecular flexibility index (Phi) is 5.37. The van der Waals surface area contributed by atoms with Crippen LogP contribution in [0, 0.1) is 0 Å². The number of nitrogens with zero attached hydrogens (tertiary/aromatic N) is 6. The smallest absolute Gasteiger partial charge is 0.159 e. The lowest BCUT2D eigenvalue weighted by Crippen LogP contribution is -2.53. The molecule has 7 nitrogen and oxygen atoms in total. The molecule has 0 saturated carbocycles. The number of benzene rings is 4. The maximum Gasteiger partial charge on any atom is 0.159 e. The number of furan rings is 1. The van der Waals surface area contributed by atoms with E-state index in [1.807, 2.05) is 0 Å². The van der Waals surface area contributed by atoms with Crippen LogP contribution in [0.2, 0.25) is 0 Å². The van der Waals surface area contributed by atoms with E-state index in [1.165, 1.54) is 33.6 Å². The van der Waals surface area contributed by atoms with Gasteiger partial charge >= 0.3 is 0 Å². The van der Waals surface area contributed by atoms with E-state index in [4.69, 9.17) is 4.42 Å². The molecule has 6 aliphatic heterocycles. The van der Waals surface area contributed by atoms with Gasteiger partial charge in [-0.05, 0) is 54.3 Å². The monoisotopic (exact) mass is 628 g/mol. The predicted molar refractivity (Wildman–Crippen MR) is 193 cm³/mol. The molecule has 11 rings (SSSR count). The lowest BCUT2D eigenvalue weighted by molar-refractivity contribution is 0.228. The molecule has 6 aliphatic rings. The van der Waals surface area contributed by atoms with Crippen LogP contribution in [-0.4, -0.2) is 53.3 Å². The Morgan fingerprint density at radius 3 is 2.21 bits per heavy atom. The van der Waals surface area contributed by atoms with Gasteiger partial charge in [-0.25, -0.2) is 0 Å². The van der Waals surface area contributed by atoms with E-state index in [1.54, 1.807) is 0 Å². The Labute approximate surface area is 280 Å². The molecule has 48 heavy (non-hydrogen) atoms. The van der Waals surface area contributed by atoms with E-state index in [-0.39, 0.29) is 24.4 Å². The number of hydrogen-bond acceptors (Lipinski definition) is 7. The zero-order valence-electron chi connectivity index (χ0n) is 26.9. The van der Waals surface area contributed by atoms with Gasteiger partial charge in [0.25, 0.3) is 0 Å². The maximum absolute atomic E-state index is 6.86. The van der Waals surface area contributed by atoms with E-state index in [9.17, 15) is 0 Å². The fraction of sp³-hybridized carbons (Fsp3) is 0.220. The second-order valence-electron chi connectivity index (χ2n) is 13.9. The summed E-state index contributed by atoms with van der Waals surface area (Å²) in [5.74, 6) is 0.129. The van der Waals surface area contributed by atoms with Gasteiger partial charge in [0.15, 0.2) is 5.58 Å². The van der Waals surface area contributed by atoms with Gasteiger partial charge in [0.2, 0.25) is 0 Å². The fourth-order valence-electron chi connectivity index (χ4n) is 9.37. The Morgan fingerprint density at radius 2 is 1.35 bits per heavy atom. The summed E-state index contributed by atoms with van der Waals surface area (Å²) >= 11 is 0. The first-order valence-corrected chi connectivity index (χ1v) is 17.2. The highest BCUT2D eigenvalue weighted by molar-refractivity contribution is 6.10. The van der Waals surface area contributed by atoms with Crippen LogP contribution in [0.3, 0.4) is 0 Å². The molecule has 0 N–H and O–H groups in total. The molecule has 0 radical (unpaired) electrons. The normalized spacial score (nSPS) is 24.9. The number of para-hydroxylation sites is 3. The van der Waals surface area contributed by atoms with Crippen molar-refractivity contribution in [1.82, 2.24) is 14.7 Å². The summed E-state index contributed by atoms with van der Waals surface area (Å²) in [6.45, 7) is 1.98. The van der Waals surface area contributed by atoms with Gasteiger partial charge in [0.05, 0.1) is 5.69 Å². The van der Waals surface area contributed by atoms with E-state index in [2.05, 4.69) is 165 Å². The Balaban J connectivity index is 1.31. The van der Waals surface area contributed by atoms with Crippen LogP contribution in [0.5, 0.6) is 0 Å². The molecule has 1 fully saturated rings. The van der Waals surface area contributed by atoms with Crippen molar-refractivity contribution in [2.45, 2.75) is 37.3 Å². The molecule has 0 spiro atoms. The minimum absolute atomic E-state index is 0.0179. The molecule has 4 aromatic carbocycles. The zero-order chi connectivity index (χ0) is 31.5. The highest BCUT2D eigenvalue weighted by Crippen LogP contribution is 2.50. The molecule has 4 atom stereocenters. The predicted octanol–water partition coefficient (Wildman–Crippen LogP) is 7.81. The van der Waals surface area contributed by atoms with E-state index < -0.39 is 0 Å². The summed E-state index contributed by atoms with van der Waals surface area (Å²) in [5, 5.41) is 2.31. The van der Waals surface area contributed by atoms with E-state index in [0.717, 1.165) is 53.6 Å². The molecule has 7 heterocycles. The Bertz CT molecular complexity index is 2260. The summed E-state index contributed by atoms with van der Waals surface area (Å²) in [7, 11) is 2.23. The minimum atomic E-state index is 0.0179. The number of fused-ring (bicyclic) bond motifs is 10. The summed E-state index contributed by atoms with van der Waals surface area (Å²) in [6, 6.07) is 31.3. The fourth-order valence-corrected chi connectivity index (χ4v) is 9.37. The van der Waals surface area contributed by atoms with Gasteiger partial charge in [0.1, 0.15) is 24.1 Å². The quantitative estimate of drug-likeness (QED) is 0.173. The zero-order valence-corrected chi connectivity index (χ0v) is 26.9. The van der Waals surface area contributed by atoms with Crippen molar-refractivity contribution in [3.63, 3.8) is 0 Å². The molecule has 1 aromatic heterocycles. The molecule has 4 unspecified atom stereocenters. The van der Waals surface area contributed by atoms with Crippen LogP contribution in [-0.2, 0) is 6.42 Å². The van der Waals surface area contributed by atoms with E-state index in [0.29, 0.717) is 0 Å². The molecular formula is C41H36N6O. The first kappa shape index (κ1) is 26.5. The molecular weight excluding hydrogens is 592 g/mol. The third-order valence-corrected chi connectivity index (χ3v) is 11.4. The van der Waals surface area contributed by atoms with Crippen molar-refractivity contribution in [1.29, 1.82) is 0 Å². The molecule has 5 aromatic rings. The average molecular weight is 629 g/mol. The number of rotatable bonds is 0. The third-order valence-electron chi connectivity index (χ3n) is 11.4. The van der Waals surface area contributed by atoms with Gasteiger partial charge in [-0.1, -0.05) is 60.7 Å². The van der Waals surface area contributed by atoms with Crippen molar-refractivity contribution in [3.05, 3.63) is 144 Å². The minimum Gasteiger partial charge on any atom is -0.454 e. The van der Waals surface area contributed by atoms with Gasteiger partial charge in [0, 0.05) is 96.5 Å². The first-order chi connectivity index (χ1) is 23.7. The molecule has 4 bridgehead atoms. The molecule has 7 heteroatoms. The Hall–Kier alpha value is -5.56. The Morgan fingerprint density at radius 1 is 0.646 bits per heavy atom. The summed E-state index contributed by atoms with van der Waals surface area (Å²) < 4.78 is 6.86. The topological polar surface area (TPSA) is 32.6 Å². The summed E-state index contributed by atoms with van der Waals surface area (Å²) in [6.07, 6.45) is 18.4. The first-order valence-electron chi connectivity index (χ1n) is 17.2. The van der Waals surface area contributed by atoms with Crippen molar-refractivity contribution in [2.24, 2.45) is 0 Å². The highest BCUT2D eigenvalue weighted by atomic mass is 16.3. The van der Waals surface area contributed by atoms with Crippen LogP contribution in [0.25, 0.3) is 28.0 Å². The van der Waals surface area contributed by atoms with Crippen LogP contribution >= 0.6 is 0 Å². The lowest BCUT2D eigenvalue weighted by Gasteiger charge is -2.44. The summed E-state index contributed by atoms with van der Waals surface area (Å²) in [5.41, 5.74) is 10.8. The molecule has 0 amide bonds. The van der Waals surface area contributed by atoms with Gasteiger partial charge in [-0.3, -0.25) is 0 Å². The highest BCUT2D eigenvalue weighted by Gasteiger charge is 2.46. The van der Waals surface area contributed by atoms with Crippen LogP contribution in [0.1, 0.15) is 29.0 Å². The lowest BCUT2D eigenvalue weighted by atomic mass is 9.86. The second kappa shape index (κ2) is 9.73. The number of anilines is 3. The van der Waals surface area contributed by atoms with E-state index >= 15 is 0 Å². The van der Waals surface area contributed by atoms with Crippen molar-refractivity contribution < 1.29 is 4.42 Å². The number of likely N-dealkylation sites (N-methyl/N-ethyl adjacent to an activating group) is 1.